The van der Waals surface area contributed by atoms with E-state index < -0.39 is 0 Å². The van der Waals surface area contributed by atoms with Crippen molar-refractivity contribution >= 4 is 5.91 Å². The molecule has 64 valence electrons. The summed E-state index contributed by atoms with van der Waals surface area (Å²) in [6.45, 7) is 7.88. The molecule has 0 spiro atoms. The molecule has 0 saturated heterocycles. The van der Waals surface area contributed by atoms with Crippen LogP contribution in [0.1, 0.15) is 13.8 Å². The first kappa shape index (κ1) is 8.78. The van der Waals surface area contributed by atoms with Crippen molar-refractivity contribution in [3.8, 4) is 0 Å². The second-order valence-corrected chi connectivity index (χ2v) is 2.80. The maximum Gasteiger partial charge on any atom is 0.224 e. The van der Waals surface area contributed by atoms with Crippen LogP contribution in [-0.4, -0.2) is 17.4 Å². The second-order valence-electron chi connectivity index (χ2n) is 2.80. The van der Waals surface area contributed by atoms with Gasteiger partial charge in [-0.3, -0.25) is 4.79 Å². The van der Waals surface area contributed by atoms with E-state index in [1.165, 1.54) is 0 Å². The highest BCUT2D eigenvalue weighted by Gasteiger charge is 2.14. The average molecular weight is 163 g/mol. The second kappa shape index (κ2) is 3.39. The number of carbonyl (C=O) groups is 1. The summed E-state index contributed by atoms with van der Waals surface area (Å²) in [7, 11) is 0. The maximum absolute atomic E-state index is 11.1. The van der Waals surface area contributed by atoms with Crippen molar-refractivity contribution in [3.05, 3.63) is 36.1 Å². The Morgan fingerprint density at radius 1 is 1.75 bits per heavy atom. The molecule has 0 N–H and O–H groups in total. The largest absolute Gasteiger partial charge is 0.309 e. The zero-order valence-corrected chi connectivity index (χ0v) is 7.50. The number of hydrogen-bond acceptors (Lipinski definition) is 1. The van der Waals surface area contributed by atoms with E-state index in [9.17, 15) is 4.79 Å². The first-order valence-electron chi connectivity index (χ1n) is 3.94. The van der Waals surface area contributed by atoms with Gasteiger partial charge in [0.2, 0.25) is 5.91 Å². The third-order valence-corrected chi connectivity index (χ3v) is 1.92. The lowest BCUT2D eigenvalue weighted by Gasteiger charge is -2.24. The predicted octanol–water partition coefficient (Wildman–Crippen LogP) is 1.86. The summed E-state index contributed by atoms with van der Waals surface area (Å²) >= 11 is 0. The Balaban J connectivity index is 3.01. The van der Waals surface area contributed by atoms with Crippen LogP contribution in [0.15, 0.2) is 36.1 Å². The van der Waals surface area contributed by atoms with Crippen molar-refractivity contribution in [1.29, 1.82) is 0 Å². The van der Waals surface area contributed by atoms with Gasteiger partial charge in [0.05, 0.1) is 0 Å². The van der Waals surface area contributed by atoms with Gasteiger partial charge in [-0.15, -0.1) is 0 Å². The van der Waals surface area contributed by atoms with Crippen LogP contribution in [0.3, 0.4) is 0 Å². The fourth-order valence-electron chi connectivity index (χ4n) is 1.30. The minimum Gasteiger partial charge on any atom is -0.309 e. The molecule has 1 aliphatic heterocycles. The van der Waals surface area contributed by atoms with Crippen LogP contribution in [0.5, 0.6) is 0 Å². The van der Waals surface area contributed by atoms with Crippen molar-refractivity contribution in [2.45, 2.75) is 13.8 Å². The van der Waals surface area contributed by atoms with Gasteiger partial charge >= 0.3 is 0 Å². The molecular weight excluding hydrogens is 150 g/mol. The van der Waals surface area contributed by atoms with E-state index in [4.69, 9.17) is 0 Å². The van der Waals surface area contributed by atoms with Crippen LogP contribution < -0.4 is 0 Å². The lowest BCUT2D eigenvalue weighted by Crippen LogP contribution is -2.29. The summed E-state index contributed by atoms with van der Waals surface area (Å²) in [4.78, 5) is 12.8. The lowest BCUT2D eigenvalue weighted by molar-refractivity contribution is -0.126. The minimum atomic E-state index is 0.0635. The van der Waals surface area contributed by atoms with Gasteiger partial charge < -0.3 is 4.90 Å². The van der Waals surface area contributed by atoms with Gasteiger partial charge in [0.15, 0.2) is 0 Å². The molecule has 2 nitrogen and oxygen atoms in total. The minimum absolute atomic E-state index is 0.0635. The van der Waals surface area contributed by atoms with E-state index in [1.807, 2.05) is 19.1 Å². The summed E-state index contributed by atoms with van der Waals surface area (Å²) < 4.78 is 0. The Kier molecular flexibility index (Phi) is 2.48. The van der Waals surface area contributed by atoms with E-state index in [-0.39, 0.29) is 5.91 Å². The van der Waals surface area contributed by atoms with Gasteiger partial charge in [0.25, 0.3) is 0 Å². The summed E-state index contributed by atoms with van der Waals surface area (Å²) in [6.07, 6.45) is 5.71. The Labute approximate surface area is 72.9 Å². The van der Waals surface area contributed by atoms with E-state index >= 15 is 0 Å². The summed E-state index contributed by atoms with van der Waals surface area (Å²) in [5.74, 6) is 0.0635. The number of allylic oxidation sites excluding steroid dienone is 3. The smallest absolute Gasteiger partial charge is 0.224 e. The molecule has 2 heteroatoms. The summed E-state index contributed by atoms with van der Waals surface area (Å²) in [5.41, 5.74) is 2.01. The molecule has 0 bridgehead atoms. The molecule has 0 aliphatic carbocycles. The molecule has 0 aromatic rings. The van der Waals surface area contributed by atoms with Crippen molar-refractivity contribution in [3.63, 3.8) is 0 Å². The first-order chi connectivity index (χ1) is 5.66. The van der Waals surface area contributed by atoms with Crippen LogP contribution >= 0.6 is 0 Å². The first-order valence-corrected chi connectivity index (χ1v) is 3.94. The lowest BCUT2D eigenvalue weighted by atomic mass is 10.1. The highest BCUT2D eigenvalue weighted by molar-refractivity contribution is 5.76. The molecule has 1 heterocycles. The monoisotopic (exact) mass is 163 g/mol. The Bertz CT molecular complexity index is 274. The molecule has 0 unspecified atom stereocenters. The third-order valence-electron chi connectivity index (χ3n) is 1.92. The van der Waals surface area contributed by atoms with Crippen LogP contribution in [0.25, 0.3) is 0 Å². The van der Waals surface area contributed by atoms with Gasteiger partial charge in [-0.2, -0.15) is 0 Å². The maximum atomic E-state index is 11.1. The van der Waals surface area contributed by atoms with Gasteiger partial charge in [-0.25, -0.2) is 0 Å². The van der Waals surface area contributed by atoms with Gasteiger partial charge in [0.1, 0.15) is 0 Å². The Hall–Kier alpha value is -1.31. The fraction of sp³-hybridized carbons (Fsp3) is 0.300. The highest BCUT2D eigenvalue weighted by atomic mass is 16.2. The summed E-state index contributed by atoms with van der Waals surface area (Å²) in [6, 6.07) is 0. The van der Waals surface area contributed by atoms with Crippen LogP contribution in [-0.2, 0) is 4.79 Å². The molecular formula is C10H13NO. The molecule has 0 fully saturated rings. The zero-order chi connectivity index (χ0) is 9.14. The number of rotatable bonds is 1. The SMILES string of the molecule is C=CC1=C(C)C=CCN1C(C)=O. The van der Waals surface area contributed by atoms with E-state index in [0.717, 1.165) is 11.3 Å². The summed E-state index contributed by atoms with van der Waals surface area (Å²) in [5, 5.41) is 0. The Morgan fingerprint density at radius 2 is 2.42 bits per heavy atom. The molecule has 0 atom stereocenters. The normalized spacial score (nSPS) is 16.7. The molecule has 0 aromatic heterocycles. The van der Waals surface area contributed by atoms with E-state index in [2.05, 4.69) is 6.58 Å². The number of amides is 1. The molecule has 1 rings (SSSR count). The quantitative estimate of drug-likeness (QED) is 0.577. The number of nitrogens with zero attached hydrogens (tertiary/aromatic N) is 1. The van der Waals surface area contributed by atoms with Crippen molar-refractivity contribution in [2.75, 3.05) is 6.54 Å². The molecule has 1 amide bonds. The third kappa shape index (κ3) is 1.47. The standard InChI is InChI=1S/C10H13NO/c1-4-10-8(2)6-5-7-11(10)9(3)12/h4-6H,1,7H2,2-3H3. The fourth-order valence-corrected chi connectivity index (χ4v) is 1.30. The number of carbonyl (C=O) groups excluding carboxylic acids is 1. The van der Waals surface area contributed by atoms with Crippen molar-refractivity contribution in [1.82, 2.24) is 4.90 Å². The molecule has 0 saturated carbocycles. The van der Waals surface area contributed by atoms with Crippen LogP contribution in [0.4, 0.5) is 0 Å². The molecule has 0 aromatic carbocycles. The number of hydrogen-bond donors (Lipinski definition) is 0. The molecule has 0 radical (unpaired) electrons. The van der Waals surface area contributed by atoms with Crippen molar-refractivity contribution < 1.29 is 4.79 Å². The van der Waals surface area contributed by atoms with Gasteiger partial charge in [-0.05, 0) is 18.6 Å². The molecule has 12 heavy (non-hydrogen) atoms. The van der Waals surface area contributed by atoms with E-state index in [0.29, 0.717) is 6.54 Å². The topological polar surface area (TPSA) is 20.3 Å². The average Bonchev–Trinajstić information content (AvgIpc) is 2.03. The van der Waals surface area contributed by atoms with Crippen LogP contribution in [0.2, 0.25) is 0 Å². The van der Waals surface area contributed by atoms with Crippen molar-refractivity contribution in [2.24, 2.45) is 0 Å². The van der Waals surface area contributed by atoms with Gasteiger partial charge in [-0.1, -0.05) is 18.7 Å². The highest BCUT2D eigenvalue weighted by Crippen LogP contribution is 2.17. The predicted molar refractivity (Wildman–Crippen MR) is 49.4 cm³/mol. The van der Waals surface area contributed by atoms with E-state index in [1.54, 1.807) is 17.9 Å². The Morgan fingerprint density at radius 3 is 2.83 bits per heavy atom. The van der Waals surface area contributed by atoms with Gasteiger partial charge in [0, 0.05) is 19.2 Å². The zero-order valence-electron chi connectivity index (χ0n) is 7.50. The van der Waals surface area contributed by atoms with Crippen LogP contribution in [0, 0.1) is 0 Å². The molecule has 1 aliphatic rings.